The van der Waals surface area contributed by atoms with Gasteiger partial charge in [-0.15, -0.1) is 0 Å². The van der Waals surface area contributed by atoms with Crippen molar-refractivity contribution >= 4 is 12.1 Å². The van der Waals surface area contributed by atoms with Gasteiger partial charge in [0.25, 0.3) is 5.91 Å². The Balaban J connectivity index is 2.98. The van der Waals surface area contributed by atoms with E-state index in [1.54, 1.807) is 32.4 Å². The van der Waals surface area contributed by atoms with Crippen molar-refractivity contribution in [2.75, 3.05) is 14.1 Å². The number of carbonyl (C=O) groups is 1. The van der Waals surface area contributed by atoms with Crippen LogP contribution in [0, 0.1) is 0 Å². The maximum atomic E-state index is 11.2. The van der Waals surface area contributed by atoms with Crippen molar-refractivity contribution in [1.29, 1.82) is 0 Å². The lowest BCUT2D eigenvalue weighted by Crippen LogP contribution is -2.17. The van der Waals surface area contributed by atoms with Crippen molar-refractivity contribution in [2.45, 2.75) is 0 Å². The number of nitrogens with zero attached hydrogens (tertiary/aromatic N) is 1. The van der Waals surface area contributed by atoms with Crippen molar-refractivity contribution < 1.29 is 4.79 Å². The van der Waals surface area contributed by atoms with Crippen molar-refractivity contribution in [3.8, 4) is 0 Å². The van der Waals surface area contributed by atoms with Gasteiger partial charge in [0.2, 0.25) is 0 Å². The molecule has 1 aromatic rings. The number of rotatable bonds is 2. The number of carbonyl (C=O) groups excluding carboxylic acids is 1. The smallest absolute Gasteiger partial charge is 0.251 e. The molecule has 0 fully saturated rings. The molecule has 1 rings (SSSR count). The molecule has 0 saturated carbocycles. The molecule has 0 aromatic heterocycles. The summed E-state index contributed by atoms with van der Waals surface area (Å²) in [6.45, 7) is 0. The maximum Gasteiger partial charge on any atom is 0.251 e. The molecule has 13 heavy (non-hydrogen) atoms. The molecular formula is C10H12N2O. The summed E-state index contributed by atoms with van der Waals surface area (Å²) < 4.78 is 0. The van der Waals surface area contributed by atoms with Gasteiger partial charge in [-0.05, 0) is 17.7 Å². The zero-order chi connectivity index (χ0) is 9.68. The first-order valence-corrected chi connectivity index (χ1v) is 4.02. The van der Waals surface area contributed by atoms with E-state index in [1.807, 2.05) is 12.1 Å². The predicted octanol–water partition coefficient (Wildman–Crippen LogP) is 1.09. The van der Waals surface area contributed by atoms with E-state index in [9.17, 15) is 4.79 Å². The molecule has 1 aromatic carbocycles. The van der Waals surface area contributed by atoms with Crippen LogP contribution in [0.1, 0.15) is 15.9 Å². The van der Waals surface area contributed by atoms with Crippen LogP contribution in [-0.4, -0.2) is 26.2 Å². The average Bonchev–Trinajstić information content (AvgIpc) is 2.18. The third-order valence-corrected chi connectivity index (χ3v) is 1.65. The first-order valence-electron chi connectivity index (χ1n) is 4.02. The van der Waals surface area contributed by atoms with Gasteiger partial charge in [-0.1, -0.05) is 12.1 Å². The lowest BCUT2D eigenvalue weighted by atomic mass is 10.1. The highest BCUT2D eigenvalue weighted by molar-refractivity contribution is 5.95. The van der Waals surface area contributed by atoms with Gasteiger partial charge in [-0.25, -0.2) is 0 Å². The second kappa shape index (κ2) is 4.40. The normalized spacial score (nSPS) is 10.3. The van der Waals surface area contributed by atoms with Gasteiger partial charge in [0, 0.05) is 25.9 Å². The fraction of sp³-hybridized carbons (Fsp3) is 0.200. The zero-order valence-electron chi connectivity index (χ0n) is 7.74. The summed E-state index contributed by atoms with van der Waals surface area (Å²) >= 11 is 0. The Labute approximate surface area is 77.5 Å². The highest BCUT2D eigenvalue weighted by Gasteiger charge is 2.01. The number of amides is 1. The number of nitrogens with one attached hydrogen (secondary N) is 1. The lowest BCUT2D eigenvalue weighted by molar-refractivity contribution is 0.0963. The molecule has 1 amide bonds. The first kappa shape index (κ1) is 9.45. The molecule has 0 aliphatic carbocycles. The Morgan fingerprint density at radius 1 is 1.54 bits per heavy atom. The lowest BCUT2D eigenvalue weighted by Gasteiger charge is -1.99. The van der Waals surface area contributed by atoms with Crippen LogP contribution >= 0.6 is 0 Å². The van der Waals surface area contributed by atoms with Crippen LogP contribution in [0.2, 0.25) is 0 Å². The number of benzene rings is 1. The van der Waals surface area contributed by atoms with Crippen LogP contribution in [0.4, 0.5) is 0 Å². The first-order chi connectivity index (χ1) is 6.27. The van der Waals surface area contributed by atoms with Crippen LogP contribution in [0.3, 0.4) is 0 Å². The van der Waals surface area contributed by atoms with E-state index in [2.05, 4.69) is 10.3 Å². The van der Waals surface area contributed by atoms with Crippen molar-refractivity contribution in [1.82, 2.24) is 5.32 Å². The van der Waals surface area contributed by atoms with Crippen molar-refractivity contribution in [3.05, 3.63) is 35.4 Å². The van der Waals surface area contributed by atoms with E-state index < -0.39 is 0 Å². The molecule has 3 heteroatoms. The largest absolute Gasteiger partial charge is 0.355 e. The van der Waals surface area contributed by atoms with E-state index in [-0.39, 0.29) is 5.91 Å². The zero-order valence-corrected chi connectivity index (χ0v) is 7.74. The van der Waals surface area contributed by atoms with Crippen LogP contribution < -0.4 is 5.32 Å². The summed E-state index contributed by atoms with van der Waals surface area (Å²) in [7, 11) is 3.31. The van der Waals surface area contributed by atoms with Crippen LogP contribution in [0.5, 0.6) is 0 Å². The monoisotopic (exact) mass is 176 g/mol. The van der Waals surface area contributed by atoms with Crippen LogP contribution in [0.25, 0.3) is 0 Å². The topological polar surface area (TPSA) is 41.5 Å². The highest BCUT2D eigenvalue weighted by atomic mass is 16.1. The Kier molecular flexibility index (Phi) is 3.20. The Bertz CT molecular complexity index is 331. The second-order valence-electron chi connectivity index (χ2n) is 2.59. The molecule has 0 radical (unpaired) electrons. The molecule has 0 spiro atoms. The number of aliphatic imine (C=N–C) groups is 1. The Morgan fingerprint density at radius 3 is 2.92 bits per heavy atom. The minimum atomic E-state index is -0.0775. The van der Waals surface area contributed by atoms with Gasteiger partial charge in [0.1, 0.15) is 0 Å². The fourth-order valence-electron chi connectivity index (χ4n) is 1.05. The van der Waals surface area contributed by atoms with Gasteiger partial charge in [-0.3, -0.25) is 9.79 Å². The van der Waals surface area contributed by atoms with Gasteiger partial charge in [0.15, 0.2) is 0 Å². The van der Waals surface area contributed by atoms with E-state index in [0.717, 1.165) is 5.56 Å². The summed E-state index contributed by atoms with van der Waals surface area (Å²) in [6.07, 6.45) is 1.71. The van der Waals surface area contributed by atoms with Crippen LogP contribution in [-0.2, 0) is 0 Å². The molecule has 0 aliphatic rings. The molecule has 0 heterocycles. The van der Waals surface area contributed by atoms with E-state index in [0.29, 0.717) is 5.56 Å². The van der Waals surface area contributed by atoms with E-state index in [4.69, 9.17) is 0 Å². The summed E-state index contributed by atoms with van der Waals surface area (Å²) in [5.74, 6) is -0.0775. The minimum absolute atomic E-state index is 0.0775. The third-order valence-electron chi connectivity index (χ3n) is 1.65. The Hall–Kier alpha value is -1.64. The molecular weight excluding hydrogens is 164 g/mol. The quantitative estimate of drug-likeness (QED) is 0.673. The minimum Gasteiger partial charge on any atom is -0.355 e. The molecule has 0 atom stereocenters. The van der Waals surface area contributed by atoms with Crippen molar-refractivity contribution in [2.24, 2.45) is 4.99 Å². The molecule has 0 aliphatic heterocycles. The molecule has 3 nitrogen and oxygen atoms in total. The average molecular weight is 176 g/mol. The summed E-state index contributed by atoms with van der Waals surface area (Å²) in [5.41, 5.74) is 1.59. The summed E-state index contributed by atoms with van der Waals surface area (Å²) in [6, 6.07) is 7.30. The summed E-state index contributed by atoms with van der Waals surface area (Å²) in [5, 5.41) is 2.57. The van der Waals surface area contributed by atoms with Gasteiger partial charge >= 0.3 is 0 Å². The number of hydrogen-bond donors (Lipinski definition) is 1. The van der Waals surface area contributed by atoms with Gasteiger partial charge in [0.05, 0.1) is 0 Å². The molecule has 1 N–H and O–H groups in total. The van der Waals surface area contributed by atoms with Gasteiger partial charge in [-0.2, -0.15) is 0 Å². The van der Waals surface area contributed by atoms with E-state index >= 15 is 0 Å². The summed E-state index contributed by atoms with van der Waals surface area (Å²) in [4.78, 5) is 15.1. The standard InChI is InChI=1S/C10H12N2O/c1-11-7-8-4-3-5-9(6-8)10(13)12-2/h3-7H,1-2H3,(H,12,13). The molecule has 0 unspecified atom stereocenters. The fourth-order valence-corrected chi connectivity index (χ4v) is 1.05. The number of hydrogen-bond acceptors (Lipinski definition) is 2. The van der Waals surface area contributed by atoms with Gasteiger partial charge < -0.3 is 5.32 Å². The second-order valence-corrected chi connectivity index (χ2v) is 2.59. The van der Waals surface area contributed by atoms with Crippen LogP contribution in [0.15, 0.2) is 29.3 Å². The highest BCUT2D eigenvalue weighted by Crippen LogP contribution is 2.02. The Morgan fingerprint density at radius 2 is 2.31 bits per heavy atom. The maximum absolute atomic E-state index is 11.2. The van der Waals surface area contributed by atoms with Crippen molar-refractivity contribution in [3.63, 3.8) is 0 Å². The molecule has 68 valence electrons. The molecule has 0 bridgehead atoms. The predicted molar refractivity (Wildman–Crippen MR) is 53.4 cm³/mol. The van der Waals surface area contributed by atoms with E-state index in [1.165, 1.54) is 0 Å². The third kappa shape index (κ3) is 2.40. The molecule has 0 saturated heterocycles. The SMILES string of the molecule is CN=Cc1cccc(C(=O)NC)c1.